The van der Waals surface area contributed by atoms with Crippen LogP contribution in [0.4, 0.5) is 0 Å². The molecule has 1 heterocycles. The molecule has 1 saturated carbocycles. The SMILES string of the molecule is CCOc1cc(C2C(C(=O)OCCOC)=C(C)N=C3CC(c4ccc(OC)c(OC)c4)CC(=O)C32)cc(Br)c1O. The van der Waals surface area contributed by atoms with Crippen LogP contribution in [0.2, 0.25) is 0 Å². The Bertz CT molecular complexity index is 1350. The Morgan fingerprint density at radius 3 is 2.40 bits per heavy atom. The molecule has 0 saturated heterocycles. The maximum atomic E-state index is 13.9. The van der Waals surface area contributed by atoms with Crippen molar-refractivity contribution in [3.05, 3.63) is 57.2 Å². The molecule has 10 heteroatoms. The minimum atomic E-state index is -0.670. The van der Waals surface area contributed by atoms with Gasteiger partial charge in [0.15, 0.2) is 23.0 Å². The number of carbonyl (C=O) groups is 2. The van der Waals surface area contributed by atoms with Crippen LogP contribution in [-0.2, 0) is 19.1 Å². The van der Waals surface area contributed by atoms with Crippen LogP contribution < -0.4 is 14.2 Å². The lowest BCUT2D eigenvalue weighted by atomic mass is 9.66. The number of ketones is 1. The molecule has 214 valence electrons. The molecular weight excluding hydrogens is 582 g/mol. The number of ether oxygens (including phenoxy) is 5. The summed E-state index contributed by atoms with van der Waals surface area (Å²) in [4.78, 5) is 32.1. The van der Waals surface area contributed by atoms with Crippen molar-refractivity contribution in [1.29, 1.82) is 0 Å². The van der Waals surface area contributed by atoms with E-state index < -0.39 is 17.8 Å². The predicted molar refractivity (Wildman–Crippen MR) is 153 cm³/mol. The zero-order valence-corrected chi connectivity index (χ0v) is 24.9. The lowest BCUT2D eigenvalue weighted by Crippen LogP contribution is -2.41. The average Bonchev–Trinajstić information content (AvgIpc) is 2.94. The summed E-state index contributed by atoms with van der Waals surface area (Å²) in [7, 11) is 4.68. The van der Waals surface area contributed by atoms with E-state index in [1.165, 1.54) is 7.11 Å². The third-order valence-electron chi connectivity index (χ3n) is 7.28. The van der Waals surface area contributed by atoms with Crippen molar-refractivity contribution in [3.63, 3.8) is 0 Å². The molecule has 0 bridgehead atoms. The van der Waals surface area contributed by atoms with Crippen molar-refractivity contribution >= 4 is 33.4 Å². The van der Waals surface area contributed by atoms with E-state index in [-0.39, 0.29) is 42.8 Å². The van der Waals surface area contributed by atoms with Gasteiger partial charge in [0.1, 0.15) is 12.4 Å². The maximum absolute atomic E-state index is 13.9. The van der Waals surface area contributed by atoms with Crippen LogP contribution in [0.5, 0.6) is 23.0 Å². The summed E-state index contributed by atoms with van der Waals surface area (Å²) < 4.78 is 27.5. The second-order valence-electron chi connectivity index (χ2n) is 9.65. The van der Waals surface area contributed by atoms with E-state index in [9.17, 15) is 14.7 Å². The van der Waals surface area contributed by atoms with Crippen molar-refractivity contribution < 1.29 is 38.4 Å². The number of allylic oxidation sites excluding steroid dienone is 1. The van der Waals surface area contributed by atoms with Gasteiger partial charge >= 0.3 is 5.97 Å². The number of phenolic OH excluding ortho intramolecular Hbond substituents is 1. The van der Waals surface area contributed by atoms with Crippen LogP contribution in [-0.4, -0.2) is 63.7 Å². The molecule has 0 amide bonds. The Labute approximate surface area is 242 Å². The van der Waals surface area contributed by atoms with E-state index in [0.29, 0.717) is 51.5 Å². The van der Waals surface area contributed by atoms with Crippen molar-refractivity contribution in [1.82, 2.24) is 0 Å². The van der Waals surface area contributed by atoms with E-state index in [0.717, 1.165) is 5.56 Å². The normalized spacial score (nSPS) is 20.5. The highest BCUT2D eigenvalue weighted by Gasteiger charge is 2.46. The van der Waals surface area contributed by atoms with Gasteiger partial charge in [0.05, 0.1) is 43.4 Å². The molecular formula is C30H34BrNO8. The molecule has 2 aromatic rings. The van der Waals surface area contributed by atoms with Gasteiger partial charge in [-0.2, -0.15) is 0 Å². The Balaban J connectivity index is 1.79. The van der Waals surface area contributed by atoms with Gasteiger partial charge in [-0.1, -0.05) is 6.07 Å². The summed E-state index contributed by atoms with van der Waals surface area (Å²) in [6.45, 7) is 4.21. The second kappa shape index (κ2) is 12.9. The van der Waals surface area contributed by atoms with E-state index >= 15 is 0 Å². The highest BCUT2D eigenvalue weighted by molar-refractivity contribution is 9.10. The molecule has 0 aromatic heterocycles. The second-order valence-corrected chi connectivity index (χ2v) is 10.5. The lowest BCUT2D eigenvalue weighted by molar-refractivity contribution is -0.140. The van der Waals surface area contributed by atoms with Gasteiger partial charge in [0.25, 0.3) is 0 Å². The number of phenols is 1. The number of esters is 1. The minimum absolute atomic E-state index is 0.0355. The Hall–Kier alpha value is -3.37. The van der Waals surface area contributed by atoms with Crippen molar-refractivity contribution in [2.45, 2.75) is 38.5 Å². The van der Waals surface area contributed by atoms with Crippen LogP contribution in [0.25, 0.3) is 0 Å². The average molecular weight is 617 g/mol. The van der Waals surface area contributed by atoms with Gasteiger partial charge in [0, 0.05) is 30.9 Å². The molecule has 3 unspecified atom stereocenters. The third kappa shape index (κ3) is 5.88. The van der Waals surface area contributed by atoms with E-state index in [1.807, 2.05) is 25.1 Å². The number of nitrogens with zero attached hydrogens (tertiary/aromatic N) is 1. The minimum Gasteiger partial charge on any atom is -0.503 e. The van der Waals surface area contributed by atoms with Crippen LogP contribution in [0.3, 0.4) is 0 Å². The zero-order valence-electron chi connectivity index (χ0n) is 23.3. The Kier molecular flexibility index (Phi) is 9.52. The summed E-state index contributed by atoms with van der Waals surface area (Å²) in [5.74, 6) is -0.640. The molecule has 4 rings (SSSR count). The number of carbonyl (C=O) groups excluding carboxylic acids is 2. The maximum Gasteiger partial charge on any atom is 0.336 e. The summed E-state index contributed by atoms with van der Waals surface area (Å²) in [5.41, 5.74) is 3.08. The quantitative estimate of drug-likeness (QED) is 0.282. The summed E-state index contributed by atoms with van der Waals surface area (Å²) >= 11 is 3.41. The summed E-state index contributed by atoms with van der Waals surface area (Å²) in [6.07, 6.45) is 0.793. The van der Waals surface area contributed by atoms with Gasteiger partial charge in [0.2, 0.25) is 0 Å². The molecule has 0 spiro atoms. The molecule has 0 radical (unpaired) electrons. The number of rotatable bonds is 10. The molecule has 1 aliphatic carbocycles. The highest BCUT2D eigenvalue weighted by atomic mass is 79.9. The highest BCUT2D eigenvalue weighted by Crippen LogP contribution is 2.49. The van der Waals surface area contributed by atoms with Crippen LogP contribution >= 0.6 is 15.9 Å². The van der Waals surface area contributed by atoms with Gasteiger partial charge < -0.3 is 28.8 Å². The fourth-order valence-corrected chi connectivity index (χ4v) is 5.94. The first kappa shape index (κ1) is 29.6. The summed E-state index contributed by atoms with van der Waals surface area (Å²) in [5, 5.41) is 10.5. The van der Waals surface area contributed by atoms with E-state index in [2.05, 4.69) is 15.9 Å². The molecule has 40 heavy (non-hydrogen) atoms. The van der Waals surface area contributed by atoms with E-state index in [1.54, 1.807) is 33.3 Å². The monoisotopic (exact) mass is 615 g/mol. The number of benzene rings is 2. The molecule has 1 fully saturated rings. The standard InChI is InChI=1S/C30H34BrNO8/c1-6-39-25-15-19(11-20(31)29(25)34)27-26(30(35)40-10-9-36-3)16(2)32-21-12-18(13-22(33)28(21)27)17-7-8-23(37-4)24(14-17)38-5/h7-8,11,14-15,18,27-28,34H,6,9-10,12-13H2,1-5H3. The van der Waals surface area contributed by atoms with Crippen LogP contribution in [0.15, 0.2) is 51.1 Å². The number of hydrogen-bond acceptors (Lipinski definition) is 9. The van der Waals surface area contributed by atoms with Crippen molar-refractivity contribution in [2.24, 2.45) is 10.9 Å². The molecule has 1 N–H and O–H groups in total. The first-order valence-electron chi connectivity index (χ1n) is 13.1. The van der Waals surface area contributed by atoms with Gasteiger partial charge in [-0.15, -0.1) is 0 Å². The van der Waals surface area contributed by atoms with Crippen molar-refractivity contribution in [2.75, 3.05) is 41.2 Å². The van der Waals surface area contributed by atoms with Gasteiger partial charge in [-0.3, -0.25) is 9.79 Å². The number of Topliss-reactive ketones (excluding diaryl/α,β-unsaturated/α-hetero) is 1. The first-order chi connectivity index (χ1) is 19.2. The largest absolute Gasteiger partial charge is 0.503 e. The van der Waals surface area contributed by atoms with Crippen LogP contribution in [0, 0.1) is 5.92 Å². The zero-order chi connectivity index (χ0) is 29.0. The fourth-order valence-electron chi connectivity index (χ4n) is 5.48. The smallest absolute Gasteiger partial charge is 0.336 e. The van der Waals surface area contributed by atoms with Crippen molar-refractivity contribution in [3.8, 4) is 23.0 Å². The molecule has 2 aliphatic rings. The van der Waals surface area contributed by atoms with Gasteiger partial charge in [-0.05, 0) is 77.5 Å². The first-order valence-corrected chi connectivity index (χ1v) is 13.9. The number of hydrogen-bond donors (Lipinski definition) is 1. The number of halogens is 1. The number of aromatic hydroxyl groups is 1. The number of methoxy groups -OCH3 is 3. The lowest BCUT2D eigenvalue weighted by Gasteiger charge is -2.38. The Morgan fingerprint density at radius 2 is 1.73 bits per heavy atom. The molecule has 2 aromatic carbocycles. The molecule has 3 atom stereocenters. The summed E-state index contributed by atoms with van der Waals surface area (Å²) in [6, 6.07) is 9.06. The number of aliphatic imine (C=N–C) groups is 1. The fraction of sp³-hybridized carbons (Fsp3) is 0.433. The van der Waals surface area contributed by atoms with Gasteiger partial charge in [-0.25, -0.2) is 4.79 Å². The van der Waals surface area contributed by atoms with E-state index in [4.69, 9.17) is 28.7 Å². The Morgan fingerprint density at radius 1 is 1.00 bits per heavy atom. The van der Waals surface area contributed by atoms with Crippen LogP contribution in [0.1, 0.15) is 49.7 Å². The molecule has 1 aliphatic heterocycles. The molecule has 9 nitrogen and oxygen atoms in total. The number of fused-ring (bicyclic) bond motifs is 1. The third-order valence-corrected chi connectivity index (χ3v) is 7.89. The predicted octanol–water partition coefficient (Wildman–Crippen LogP) is 5.34. The topological polar surface area (TPSA) is 113 Å².